The minimum Gasteiger partial charge on any atom is -0.490 e. The van der Waals surface area contributed by atoms with Crippen molar-refractivity contribution in [1.29, 1.82) is 0 Å². The summed E-state index contributed by atoms with van der Waals surface area (Å²) in [5.41, 5.74) is 0.982. The lowest BCUT2D eigenvalue weighted by atomic mass is 10.0. The number of nitro benzene ring substituents is 1. The Kier molecular flexibility index (Phi) is 4.21. The lowest BCUT2D eigenvalue weighted by molar-refractivity contribution is -0.385. The van der Waals surface area contributed by atoms with E-state index in [1.165, 1.54) is 13.2 Å². The molecule has 1 fully saturated rings. The fourth-order valence-electron chi connectivity index (χ4n) is 2.46. The van der Waals surface area contributed by atoms with Gasteiger partial charge >= 0.3 is 5.69 Å². The van der Waals surface area contributed by atoms with Crippen LogP contribution >= 0.6 is 0 Å². The average Bonchev–Trinajstić information content (AvgIpc) is 2.46. The van der Waals surface area contributed by atoms with Crippen molar-refractivity contribution in [3.05, 3.63) is 28.3 Å². The number of benzene rings is 1. The molecule has 0 aromatic heterocycles. The zero-order valence-electron chi connectivity index (χ0n) is 11.3. The standard InChI is InChI=1S/C13H19N3O3/c1-14-10-4-3-7-15(9-10)11-5-6-12(16(17)18)13(8-11)19-2/h5-6,8,10,14H,3-4,7,9H2,1-2H3. The number of hydrogen-bond donors (Lipinski definition) is 1. The number of nitrogens with zero attached hydrogens (tertiary/aromatic N) is 2. The predicted octanol–water partition coefficient (Wildman–Crippen LogP) is 1.79. The molecular weight excluding hydrogens is 246 g/mol. The summed E-state index contributed by atoms with van der Waals surface area (Å²) in [6.07, 6.45) is 2.28. The zero-order chi connectivity index (χ0) is 13.8. The highest BCUT2D eigenvalue weighted by molar-refractivity contribution is 5.59. The number of rotatable bonds is 4. The number of likely N-dealkylation sites (N-methyl/N-ethyl adjacent to an activating group) is 1. The van der Waals surface area contributed by atoms with Crippen molar-refractivity contribution in [2.75, 3.05) is 32.1 Å². The molecule has 0 amide bonds. The molecule has 19 heavy (non-hydrogen) atoms. The minimum absolute atomic E-state index is 0.00780. The van der Waals surface area contributed by atoms with E-state index in [9.17, 15) is 10.1 Å². The number of methoxy groups -OCH3 is 1. The number of ether oxygens (including phenoxy) is 1. The second kappa shape index (κ2) is 5.88. The fourth-order valence-corrected chi connectivity index (χ4v) is 2.46. The molecule has 1 aliphatic rings. The van der Waals surface area contributed by atoms with Gasteiger partial charge in [-0.2, -0.15) is 0 Å². The lowest BCUT2D eigenvalue weighted by Crippen LogP contribution is -2.44. The molecule has 1 unspecified atom stereocenters. The number of nitrogens with one attached hydrogen (secondary N) is 1. The van der Waals surface area contributed by atoms with E-state index in [1.807, 2.05) is 7.05 Å². The summed E-state index contributed by atoms with van der Waals surface area (Å²) in [6.45, 7) is 1.89. The average molecular weight is 265 g/mol. The Bertz CT molecular complexity index is 464. The topological polar surface area (TPSA) is 67.6 Å². The molecule has 1 saturated heterocycles. The van der Waals surface area contributed by atoms with Crippen LogP contribution in [-0.2, 0) is 0 Å². The number of anilines is 1. The third-order valence-electron chi connectivity index (χ3n) is 3.55. The fraction of sp³-hybridized carbons (Fsp3) is 0.538. The molecule has 104 valence electrons. The Morgan fingerprint density at radius 2 is 2.32 bits per heavy atom. The minimum atomic E-state index is -0.421. The van der Waals surface area contributed by atoms with Gasteiger partial charge in [0.15, 0.2) is 5.75 Å². The van der Waals surface area contributed by atoms with E-state index in [1.54, 1.807) is 12.1 Å². The summed E-state index contributed by atoms with van der Waals surface area (Å²) in [7, 11) is 3.42. The first-order valence-corrected chi connectivity index (χ1v) is 6.40. The molecule has 0 aliphatic carbocycles. The molecule has 6 nitrogen and oxygen atoms in total. The van der Waals surface area contributed by atoms with E-state index in [-0.39, 0.29) is 5.69 Å². The van der Waals surface area contributed by atoms with Crippen molar-refractivity contribution in [3.63, 3.8) is 0 Å². The smallest absolute Gasteiger partial charge is 0.311 e. The van der Waals surface area contributed by atoms with Crippen molar-refractivity contribution >= 4 is 11.4 Å². The number of piperidine rings is 1. The zero-order valence-corrected chi connectivity index (χ0v) is 11.3. The van der Waals surface area contributed by atoms with Gasteiger partial charge in [0.2, 0.25) is 0 Å². The summed E-state index contributed by atoms with van der Waals surface area (Å²) < 4.78 is 5.11. The van der Waals surface area contributed by atoms with Gasteiger partial charge in [0, 0.05) is 37.0 Å². The Labute approximate surface area is 112 Å². The molecule has 0 radical (unpaired) electrons. The quantitative estimate of drug-likeness (QED) is 0.664. The van der Waals surface area contributed by atoms with Crippen LogP contribution in [0.3, 0.4) is 0 Å². The van der Waals surface area contributed by atoms with Gasteiger partial charge in [-0.3, -0.25) is 10.1 Å². The van der Waals surface area contributed by atoms with Crippen LogP contribution in [0, 0.1) is 10.1 Å². The molecule has 0 bridgehead atoms. The molecule has 2 rings (SSSR count). The third kappa shape index (κ3) is 2.96. The Morgan fingerprint density at radius 3 is 2.95 bits per heavy atom. The van der Waals surface area contributed by atoms with Gasteiger partial charge in [-0.05, 0) is 26.0 Å². The molecule has 1 atom stereocenters. The highest BCUT2D eigenvalue weighted by atomic mass is 16.6. The maximum absolute atomic E-state index is 10.9. The van der Waals surface area contributed by atoms with Gasteiger partial charge in [0.1, 0.15) is 0 Å². The number of nitro groups is 1. The van der Waals surface area contributed by atoms with Crippen molar-refractivity contribution in [2.24, 2.45) is 0 Å². The van der Waals surface area contributed by atoms with Gasteiger partial charge < -0.3 is 15.0 Å². The summed E-state index contributed by atoms with van der Waals surface area (Å²) in [5.74, 6) is 0.314. The second-order valence-corrected chi connectivity index (χ2v) is 4.69. The molecule has 1 aromatic rings. The molecule has 1 aromatic carbocycles. The van der Waals surface area contributed by atoms with Crippen molar-refractivity contribution < 1.29 is 9.66 Å². The molecule has 1 N–H and O–H groups in total. The molecule has 0 spiro atoms. The van der Waals surface area contributed by atoms with E-state index < -0.39 is 4.92 Å². The van der Waals surface area contributed by atoms with Crippen molar-refractivity contribution in [1.82, 2.24) is 5.32 Å². The summed E-state index contributed by atoms with van der Waals surface area (Å²) >= 11 is 0. The third-order valence-corrected chi connectivity index (χ3v) is 3.55. The highest BCUT2D eigenvalue weighted by Crippen LogP contribution is 2.32. The van der Waals surface area contributed by atoms with Crippen LogP contribution < -0.4 is 15.0 Å². The molecule has 6 heteroatoms. The summed E-state index contributed by atoms with van der Waals surface area (Å²) in [5, 5.41) is 14.1. The van der Waals surface area contributed by atoms with Crippen LogP contribution in [0.2, 0.25) is 0 Å². The van der Waals surface area contributed by atoms with Gasteiger partial charge in [-0.25, -0.2) is 0 Å². The highest BCUT2D eigenvalue weighted by Gasteiger charge is 2.21. The van der Waals surface area contributed by atoms with Gasteiger partial charge in [-0.1, -0.05) is 0 Å². The monoisotopic (exact) mass is 265 g/mol. The van der Waals surface area contributed by atoms with Crippen LogP contribution in [0.5, 0.6) is 5.75 Å². The van der Waals surface area contributed by atoms with E-state index >= 15 is 0 Å². The number of hydrogen-bond acceptors (Lipinski definition) is 5. The second-order valence-electron chi connectivity index (χ2n) is 4.69. The predicted molar refractivity (Wildman–Crippen MR) is 73.9 cm³/mol. The van der Waals surface area contributed by atoms with Crippen LogP contribution in [0.25, 0.3) is 0 Å². The Balaban J connectivity index is 2.23. The van der Waals surface area contributed by atoms with Gasteiger partial charge in [0.25, 0.3) is 0 Å². The summed E-state index contributed by atoms with van der Waals surface area (Å²) in [4.78, 5) is 12.7. The lowest BCUT2D eigenvalue weighted by Gasteiger charge is -2.34. The first-order valence-electron chi connectivity index (χ1n) is 6.40. The molecular formula is C13H19N3O3. The van der Waals surface area contributed by atoms with E-state index in [2.05, 4.69) is 10.2 Å². The van der Waals surface area contributed by atoms with Gasteiger partial charge in [-0.15, -0.1) is 0 Å². The van der Waals surface area contributed by atoms with Crippen LogP contribution in [0.1, 0.15) is 12.8 Å². The summed E-state index contributed by atoms with van der Waals surface area (Å²) in [6, 6.07) is 5.52. The molecule has 1 aliphatic heterocycles. The maximum atomic E-state index is 10.9. The first kappa shape index (κ1) is 13.6. The van der Waals surface area contributed by atoms with Crippen LogP contribution in [0.4, 0.5) is 11.4 Å². The molecule has 1 heterocycles. The Morgan fingerprint density at radius 1 is 1.53 bits per heavy atom. The van der Waals surface area contributed by atoms with E-state index in [0.717, 1.165) is 31.6 Å². The maximum Gasteiger partial charge on any atom is 0.311 e. The van der Waals surface area contributed by atoms with Crippen LogP contribution in [0.15, 0.2) is 18.2 Å². The van der Waals surface area contributed by atoms with Crippen molar-refractivity contribution in [2.45, 2.75) is 18.9 Å². The Hall–Kier alpha value is -1.82. The SMILES string of the molecule is CNC1CCCN(c2ccc([N+](=O)[O-])c(OC)c2)C1. The normalized spacial score (nSPS) is 19.3. The largest absolute Gasteiger partial charge is 0.490 e. The van der Waals surface area contributed by atoms with Gasteiger partial charge in [0.05, 0.1) is 12.0 Å². The first-order chi connectivity index (χ1) is 9.15. The van der Waals surface area contributed by atoms with E-state index in [4.69, 9.17) is 4.74 Å². The van der Waals surface area contributed by atoms with E-state index in [0.29, 0.717) is 11.8 Å². The van der Waals surface area contributed by atoms with Crippen molar-refractivity contribution in [3.8, 4) is 5.75 Å². The molecule has 0 saturated carbocycles. The van der Waals surface area contributed by atoms with Crippen LogP contribution in [-0.4, -0.2) is 38.2 Å².